The molecule has 0 aromatic carbocycles. The number of hydrogen-bond acceptors (Lipinski definition) is 5. The van der Waals surface area contributed by atoms with E-state index in [2.05, 4.69) is 22.9 Å². The molecule has 0 amide bonds. The van der Waals surface area contributed by atoms with Gasteiger partial charge in [-0.2, -0.15) is 0 Å². The topological polar surface area (TPSA) is 60.6 Å². The highest BCUT2D eigenvalue weighted by Gasteiger charge is 2.56. The summed E-state index contributed by atoms with van der Waals surface area (Å²) in [6.07, 6.45) is -1.33. The molecule has 1 saturated heterocycles. The Morgan fingerprint density at radius 3 is 2.00 bits per heavy atom. The third-order valence-corrected chi connectivity index (χ3v) is 2.42. The van der Waals surface area contributed by atoms with Crippen LogP contribution in [0.25, 0.3) is 0 Å². The van der Waals surface area contributed by atoms with Gasteiger partial charge in [-0.1, -0.05) is 33.9 Å². The third-order valence-electron chi connectivity index (χ3n) is 2.42. The molecule has 1 fully saturated rings. The number of rotatable bonds is 4. The highest BCUT2D eigenvalue weighted by Crippen LogP contribution is 2.38. The van der Waals surface area contributed by atoms with Crippen molar-refractivity contribution in [2.45, 2.75) is 46.7 Å². The van der Waals surface area contributed by atoms with Gasteiger partial charge in [-0.15, -0.1) is 9.78 Å². The van der Waals surface area contributed by atoms with Crippen molar-refractivity contribution in [2.24, 2.45) is 5.41 Å². The van der Waals surface area contributed by atoms with Crippen LogP contribution in [0.3, 0.4) is 0 Å². The fourth-order valence-electron chi connectivity index (χ4n) is 1.55. The Morgan fingerprint density at radius 2 is 1.72 bits per heavy atom. The van der Waals surface area contributed by atoms with Gasteiger partial charge in [-0.3, -0.25) is 0 Å². The van der Waals surface area contributed by atoms with Crippen LogP contribution < -0.4 is 0 Å². The zero-order valence-corrected chi connectivity index (χ0v) is 11.5. The molecule has 18 heavy (non-hydrogen) atoms. The van der Waals surface area contributed by atoms with E-state index in [0.29, 0.717) is 5.57 Å². The standard InChI is InChI=1S/C13H20O5/c1-8(2)10(12(5,6)7)15-11(14)16-13(9(3)4)17-18-13/h10H,1,3H2,2,4-7H3. The van der Waals surface area contributed by atoms with Crippen LogP contribution in [0.15, 0.2) is 24.3 Å². The lowest BCUT2D eigenvalue weighted by molar-refractivity contribution is -0.0505. The van der Waals surface area contributed by atoms with Gasteiger partial charge in [0.25, 0.3) is 0 Å². The Bertz CT molecular complexity index is 373. The molecule has 1 aliphatic rings. The molecule has 1 atom stereocenters. The van der Waals surface area contributed by atoms with E-state index in [-0.39, 0.29) is 5.41 Å². The number of ether oxygens (including phenoxy) is 2. The van der Waals surface area contributed by atoms with Gasteiger partial charge in [-0.05, 0) is 19.4 Å². The predicted molar refractivity (Wildman–Crippen MR) is 65.3 cm³/mol. The summed E-state index contributed by atoms with van der Waals surface area (Å²) in [6, 6.07) is 0. The molecule has 1 unspecified atom stereocenters. The lowest BCUT2D eigenvalue weighted by atomic mass is 9.85. The Kier molecular flexibility index (Phi) is 3.88. The zero-order valence-electron chi connectivity index (χ0n) is 11.5. The molecule has 0 aromatic rings. The smallest absolute Gasteiger partial charge is 0.426 e. The Hall–Kier alpha value is -1.33. The number of carbonyl (C=O) groups is 1. The SMILES string of the molecule is C=C(C)C(OC(=O)OC1(C(=C)C)OO1)C(C)(C)C. The molecule has 0 radical (unpaired) electrons. The molecule has 0 aliphatic carbocycles. The molecule has 5 nitrogen and oxygen atoms in total. The van der Waals surface area contributed by atoms with E-state index in [1.807, 2.05) is 20.8 Å². The normalized spacial score (nSPS) is 18.7. The molecule has 1 aliphatic heterocycles. The van der Waals surface area contributed by atoms with Crippen molar-refractivity contribution >= 4 is 6.16 Å². The average Bonchev–Trinajstić information content (AvgIpc) is 2.93. The molecule has 0 N–H and O–H groups in total. The highest BCUT2D eigenvalue weighted by molar-refractivity contribution is 5.61. The Morgan fingerprint density at radius 1 is 1.22 bits per heavy atom. The van der Waals surface area contributed by atoms with Gasteiger partial charge in [0.2, 0.25) is 0 Å². The Balaban J connectivity index is 2.64. The second-order valence-corrected chi connectivity index (χ2v) is 5.57. The van der Waals surface area contributed by atoms with E-state index in [1.165, 1.54) is 0 Å². The quantitative estimate of drug-likeness (QED) is 0.334. The summed E-state index contributed by atoms with van der Waals surface area (Å²) in [5.74, 6) is -1.48. The molecule has 5 heteroatoms. The lowest BCUT2D eigenvalue weighted by Crippen LogP contribution is -2.34. The van der Waals surface area contributed by atoms with E-state index in [9.17, 15) is 4.79 Å². The van der Waals surface area contributed by atoms with Gasteiger partial charge >= 0.3 is 12.1 Å². The van der Waals surface area contributed by atoms with Gasteiger partial charge in [0, 0.05) is 11.0 Å². The predicted octanol–water partition coefficient (Wildman–Crippen LogP) is 3.32. The summed E-state index contributed by atoms with van der Waals surface area (Å²) in [6.45, 7) is 16.7. The molecule has 0 spiro atoms. The largest absolute Gasteiger partial charge is 0.513 e. The fourth-order valence-corrected chi connectivity index (χ4v) is 1.55. The maximum absolute atomic E-state index is 11.7. The van der Waals surface area contributed by atoms with E-state index >= 15 is 0 Å². The second kappa shape index (κ2) is 4.74. The monoisotopic (exact) mass is 256 g/mol. The van der Waals surface area contributed by atoms with Crippen molar-refractivity contribution in [1.82, 2.24) is 0 Å². The van der Waals surface area contributed by atoms with Crippen molar-refractivity contribution in [3.05, 3.63) is 24.3 Å². The van der Waals surface area contributed by atoms with Gasteiger partial charge in [-0.25, -0.2) is 4.79 Å². The molecule has 0 aromatic heterocycles. The van der Waals surface area contributed by atoms with Gasteiger partial charge in [0.15, 0.2) is 0 Å². The number of carbonyl (C=O) groups excluding carboxylic acids is 1. The van der Waals surface area contributed by atoms with Crippen LogP contribution in [0.1, 0.15) is 34.6 Å². The second-order valence-electron chi connectivity index (χ2n) is 5.57. The molecule has 102 valence electrons. The minimum atomic E-state index is -1.48. The van der Waals surface area contributed by atoms with Crippen molar-refractivity contribution in [3.8, 4) is 0 Å². The molecule has 1 heterocycles. The zero-order chi connectivity index (χ0) is 14.1. The maximum atomic E-state index is 11.7. The van der Waals surface area contributed by atoms with Crippen LogP contribution in [0.4, 0.5) is 4.79 Å². The van der Waals surface area contributed by atoms with E-state index in [1.54, 1.807) is 13.8 Å². The first-order valence-electron chi connectivity index (χ1n) is 5.66. The van der Waals surface area contributed by atoms with Crippen LogP contribution in [-0.2, 0) is 19.2 Å². The van der Waals surface area contributed by atoms with Crippen molar-refractivity contribution < 1.29 is 24.0 Å². The van der Waals surface area contributed by atoms with E-state index < -0.39 is 18.2 Å². The van der Waals surface area contributed by atoms with Crippen LogP contribution in [0.5, 0.6) is 0 Å². The molecular formula is C13H20O5. The average molecular weight is 256 g/mol. The molecule has 1 rings (SSSR count). The van der Waals surface area contributed by atoms with Crippen molar-refractivity contribution in [3.63, 3.8) is 0 Å². The minimum absolute atomic E-state index is 0.271. The summed E-state index contributed by atoms with van der Waals surface area (Å²) in [7, 11) is 0. The van der Waals surface area contributed by atoms with E-state index in [4.69, 9.17) is 9.47 Å². The van der Waals surface area contributed by atoms with Crippen molar-refractivity contribution in [1.29, 1.82) is 0 Å². The van der Waals surface area contributed by atoms with Gasteiger partial charge in [0.1, 0.15) is 6.10 Å². The van der Waals surface area contributed by atoms with Crippen LogP contribution in [0, 0.1) is 5.41 Å². The third kappa shape index (κ3) is 3.34. The fraction of sp³-hybridized carbons (Fsp3) is 0.615. The first-order chi connectivity index (χ1) is 8.08. The maximum Gasteiger partial charge on any atom is 0.513 e. The summed E-state index contributed by atoms with van der Waals surface area (Å²) >= 11 is 0. The van der Waals surface area contributed by atoms with Crippen molar-refractivity contribution in [2.75, 3.05) is 0 Å². The molecule has 0 bridgehead atoms. The Labute approximate surface area is 107 Å². The van der Waals surface area contributed by atoms with Gasteiger partial charge in [0.05, 0.1) is 0 Å². The minimum Gasteiger partial charge on any atom is -0.426 e. The van der Waals surface area contributed by atoms with Crippen LogP contribution in [-0.4, -0.2) is 18.2 Å². The molecule has 0 saturated carbocycles. The first kappa shape index (κ1) is 14.7. The highest BCUT2D eigenvalue weighted by atomic mass is 17.5. The lowest BCUT2D eigenvalue weighted by Gasteiger charge is -2.30. The summed E-state index contributed by atoms with van der Waals surface area (Å²) in [4.78, 5) is 20.9. The van der Waals surface area contributed by atoms with E-state index in [0.717, 1.165) is 5.57 Å². The number of hydrogen-bond donors (Lipinski definition) is 0. The van der Waals surface area contributed by atoms with Crippen LogP contribution >= 0.6 is 0 Å². The van der Waals surface area contributed by atoms with Crippen LogP contribution in [0.2, 0.25) is 0 Å². The first-order valence-corrected chi connectivity index (χ1v) is 5.66. The summed E-state index contributed by atoms with van der Waals surface area (Å²) in [5.41, 5.74) is 0.899. The summed E-state index contributed by atoms with van der Waals surface area (Å²) in [5, 5.41) is 0. The summed E-state index contributed by atoms with van der Waals surface area (Å²) < 4.78 is 10.2. The molecular weight excluding hydrogens is 236 g/mol. The van der Waals surface area contributed by atoms with Gasteiger partial charge < -0.3 is 9.47 Å².